The second kappa shape index (κ2) is 6.24. The zero-order valence-electron chi connectivity index (χ0n) is 11.7. The average Bonchev–Trinajstić information content (AvgIpc) is 3.22. The maximum atomic E-state index is 12.1. The van der Waals surface area contributed by atoms with Crippen LogP contribution in [0, 0.1) is 18.3 Å². The minimum atomic E-state index is -3.66. The van der Waals surface area contributed by atoms with Crippen molar-refractivity contribution in [2.75, 3.05) is 6.54 Å². The number of sulfonamides is 1. The summed E-state index contributed by atoms with van der Waals surface area (Å²) >= 11 is 0. The van der Waals surface area contributed by atoms with Crippen molar-refractivity contribution in [1.82, 2.24) is 10.0 Å². The molecule has 1 aliphatic rings. The molecule has 2 rings (SSSR count). The predicted octanol–water partition coefficient (Wildman–Crippen LogP) is 0.814. The highest BCUT2D eigenvalue weighted by Crippen LogP contribution is 2.18. The van der Waals surface area contributed by atoms with Crippen molar-refractivity contribution in [3.05, 3.63) is 29.3 Å². The third-order valence-electron chi connectivity index (χ3n) is 3.22. The highest BCUT2D eigenvalue weighted by Gasteiger charge is 2.23. The first-order valence-electron chi connectivity index (χ1n) is 6.72. The molecular weight excluding hydrogens is 290 g/mol. The maximum absolute atomic E-state index is 12.1. The fourth-order valence-corrected chi connectivity index (χ4v) is 2.96. The van der Waals surface area contributed by atoms with Crippen molar-refractivity contribution in [1.29, 1.82) is 5.26 Å². The quantitative estimate of drug-likeness (QED) is 0.812. The van der Waals surface area contributed by atoms with E-state index in [0.29, 0.717) is 11.1 Å². The molecule has 0 spiro atoms. The third-order valence-corrected chi connectivity index (χ3v) is 4.67. The summed E-state index contributed by atoms with van der Waals surface area (Å²) in [7, 11) is -3.66. The lowest BCUT2D eigenvalue weighted by atomic mass is 10.1. The van der Waals surface area contributed by atoms with Crippen LogP contribution in [-0.2, 0) is 14.8 Å². The average molecular weight is 307 g/mol. The molecule has 1 amide bonds. The Morgan fingerprint density at radius 1 is 1.43 bits per heavy atom. The van der Waals surface area contributed by atoms with Gasteiger partial charge in [0.05, 0.1) is 16.5 Å². The van der Waals surface area contributed by atoms with Crippen LogP contribution in [0.25, 0.3) is 0 Å². The van der Waals surface area contributed by atoms with Crippen LogP contribution in [0.15, 0.2) is 23.1 Å². The van der Waals surface area contributed by atoms with Gasteiger partial charge < -0.3 is 5.32 Å². The summed E-state index contributed by atoms with van der Waals surface area (Å²) in [6, 6.07) is 6.57. The van der Waals surface area contributed by atoms with Crippen molar-refractivity contribution in [3.63, 3.8) is 0 Å². The molecule has 0 radical (unpaired) electrons. The maximum Gasteiger partial charge on any atom is 0.240 e. The summed E-state index contributed by atoms with van der Waals surface area (Å²) in [6.45, 7) is 1.74. The molecule has 1 saturated carbocycles. The second-order valence-corrected chi connectivity index (χ2v) is 6.85. The van der Waals surface area contributed by atoms with Crippen molar-refractivity contribution in [2.24, 2.45) is 0 Å². The summed E-state index contributed by atoms with van der Waals surface area (Å²) in [6.07, 6.45) is 2.12. The van der Waals surface area contributed by atoms with Crippen LogP contribution in [0.1, 0.15) is 30.4 Å². The highest BCUT2D eigenvalue weighted by molar-refractivity contribution is 7.89. The summed E-state index contributed by atoms with van der Waals surface area (Å²) < 4.78 is 26.5. The van der Waals surface area contributed by atoms with E-state index in [1.165, 1.54) is 18.2 Å². The van der Waals surface area contributed by atoms with Gasteiger partial charge in [0.1, 0.15) is 0 Å². The molecule has 0 aromatic heterocycles. The molecule has 0 atom stereocenters. The van der Waals surface area contributed by atoms with Gasteiger partial charge in [0.25, 0.3) is 0 Å². The monoisotopic (exact) mass is 307 g/mol. The Morgan fingerprint density at radius 3 is 2.71 bits per heavy atom. The first-order valence-corrected chi connectivity index (χ1v) is 8.20. The molecule has 0 bridgehead atoms. The van der Waals surface area contributed by atoms with E-state index < -0.39 is 10.0 Å². The number of hydrogen-bond acceptors (Lipinski definition) is 4. The topological polar surface area (TPSA) is 99.1 Å². The first-order chi connectivity index (χ1) is 9.92. The lowest BCUT2D eigenvalue weighted by Gasteiger charge is -2.08. The van der Waals surface area contributed by atoms with E-state index in [2.05, 4.69) is 10.0 Å². The number of aryl methyl sites for hydroxylation is 1. The molecule has 7 heteroatoms. The predicted molar refractivity (Wildman–Crippen MR) is 76.9 cm³/mol. The summed E-state index contributed by atoms with van der Waals surface area (Å²) in [5, 5.41) is 11.6. The molecule has 0 saturated heterocycles. The van der Waals surface area contributed by atoms with Crippen LogP contribution in [0.4, 0.5) is 0 Å². The molecule has 1 fully saturated rings. The standard InChI is InChI=1S/C14H17N3O3S/c1-10-8-13(5-2-11(10)9-15)21(19,20)16-7-6-14(18)17-12-3-4-12/h2,5,8,12,16H,3-4,6-7H2,1H3,(H,17,18). The van der Waals surface area contributed by atoms with E-state index in [4.69, 9.17) is 5.26 Å². The SMILES string of the molecule is Cc1cc(S(=O)(=O)NCCC(=O)NC2CC2)ccc1C#N. The van der Waals surface area contributed by atoms with Crippen molar-refractivity contribution in [3.8, 4) is 6.07 Å². The Bertz CT molecular complexity index is 688. The molecule has 2 N–H and O–H groups in total. The zero-order chi connectivity index (χ0) is 15.5. The Hall–Kier alpha value is -1.91. The molecule has 1 aliphatic carbocycles. The lowest BCUT2D eigenvalue weighted by molar-refractivity contribution is -0.121. The first kappa shape index (κ1) is 15.5. The van der Waals surface area contributed by atoms with E-state index in [1.807, 2.05) is 6.07 Å². The van der Waals surface area contributed by atoms with Gasteiger partial charge in [-0.15, -0.1) is 0 Å². The Labute approximate surface area is 124 Å². The summed E-state index contributed by atoms with van der Waals surface area (Å²) in [4.78, 5) is 11.6. The van der Waals surface area contributed by atoms with Gasteiger partial charge in [-0.25, -0.2) is 13.1 Å². The van der Waals surface area contributed by atoms with Crippen molar-refractivity contribution in [2.45, 2.75) is 37.1 Å². The summed E-state index contributed by atoms with van der Waals surface area (Å²) in [5.74, 6) is -0.142. The van der Waals surface area contributed by atoms with Gasteiger partial charge in [-0.05, 0) is 43.5 Å². The third kappa shape index (κ3) is 4.28. The number of benzene rings is 1. The number of amides is 1. The number of rotatable bonds is 6. The van der Waals surface area contributed by atoms with Gasteiger partial charge in [-0.3, -0.25) is 4.79 Å². The van der Waals surface area contributed by atoms with Crippen LogP contribution in [0.3, 0.4) is 0 Å². The molecule has 112 valence electrons. The Kier molecular flexibility index (Phi) is 4.60. The van der Waals surface area contributed by atoms with Crippen molar-refractivity contribution >= 4 is 15.9 Å². The number of carbonyl (C=O) groups excluding carboxylic acids is 1. The molecule has 0 heterocycles. The second-order valence-electron chi connectivity index (χ2n) is 5.08. The minimum Gasteiger partial charge on any atom is -0.353 e. The van der Waals surface area contributed by atoms with Gasteiger partial charge in [0.15, 0.2) is 0 Å². The molecule has 0 aliphatic heterocycles. The van der Waals surface area contributed by atoms with E-state index >= 15 is 0 Å². The number of nitrogens with one attached hydrogen (secondary N) is 2. The fourth-order valence-electron chi connectivity index (χ4n) is 1.84. The lowest BCUT2D eigenvalue weighted by Crippen LogP contribution is -2.31. The molecule has 1 aromatic rings. The molecule has 0 unspecified atom stereocenters. The van der Waals surface area contributed by atoms with E-state index in [9.17, 15) is 13.2 Å². The molecular formula is C14H17N3O3S. The smallest absolute Gasteiger partial charge is 0.240 e. The largest absolute Gasteiger partial charge is 0.353 e. The van der Waals surface area contributed by atoms with Crippen LogP contribution >= 0.6 is 0 Å². The van der Waals surface area contributed by atoms with Crippen LogP contribution in [-0.4, -0.2) is 26.9 Å². The number of nitriles is 1. The van der Waals surface area contributed by atoms with Gasteiger partial charge in [0.2, 0.25) is 15.9 Å². The Morgan fingerprint density at radius 2 is 2.14 bits per heavy atom. The van der Waals surface area contributed by atoms with Gasteiger partial charge >= 0.3 is 0 Å². The molecule has 1 aromatic carbocycles. The van der Waals surface area contributed by atoms with Crippen LogP contribution in [0.2, 0.25) is 0 Å². The number of hydrogen-bond donors (Lipinski definition) is 2. The van der Waals surface area contributed by atoms with Gasteiger partial charge in [-0.2, -0.15) is 5.26 Å². The van der Waals surface area contributed by atoms with Crippen LogP contribution < -0.4 is 10.0 Å². The number of nitrogens with zero attached hydrogens (tertiary/aromatic N) is 1. The molecule has 6 nitrogen and oxygen atoms in total. The number of carbonyl (C=O) groups is 1. The Balaban J connectivity index is 1.93. The highest BCUT2D eigenvalue weighted by atomic mass is 32.2. The minimum absolute atomic E-state index is 0.0555. The van der Waals surface area contributed by atoms with Crippen LogP contribution in [0.5, 0.6) is 0 Å². The van der Waals surface area contributed by atoms with E-state index in [-0.39, 0.29) is 29.8 Å². The van der Waals surface area contributed by atoms with E-state index in [0.717, 1.165) is 12.8 Å². The van der Waals surface area contributed by atoms with Gasteiger partial charge in [-0.1, -0.05) is 0 Å². The molecule has 21 heavy (non-hydrogen) atoms. The van der Waals surface area contributed by atoms with E-state index in [1.54, 1.807) is 6.92 Å². The van der Waals surface area contributed by atoms with Gasteiger partial charge in [0, 0.05) is 19.0 Å². The zero-order valence-corrected chi connectivity index (χ0v) is 12.5. The summed E-state index contributed by atoms with van der Waals surface area (Å²) in [5.41, 5.74) is 1.05. The fraction of sp³-hybridized carbons (Fsp3) is 0.429. The van der Waals surface area contributed by atoms with Crippen molar-refractivity contribution < 1.29 is 13.2 Å². The normalized spacial score (nSPS) is 14.5.